The molecule has 37 heavy (non-hydrogen) atoms. The van der Waals surface area contributed by atoms with Crippen molar-refractivity contribution in [2.75, 3.05) is 25.0 Å². The van der Waals surface area contributed by atoms with Crippen LogP contribution >= 0.6 is 22.9 Å². The van der Waals surface area contributed by atoms with E-state index in [9.17, 15) is 23.6 Å². The number of benzene rings is 1. The maximum absolute atomic E-state index is 14.7. The molecule has 9 nitrogen and oxygen atoms in total. The molecule has 1 aliphatic heterocycles. The number of nitrogens with one attached hydrogen (secondary N) is 3. The topological polar surface area (TPSA) is 113 Å². The van der Waals surface area contributed by atoms with Crippen LogP contribution in [0.25, 0.3) is 5.69 Å². The van der Waals surface area contributed by atoms with Gasteiger partial charge in [0.2, 0.25) is 11.8 Å². The van der Waals surface area contributed by atoms with Crippen LogP contribution in [0.1, 0.15) is 23.0 Å². The van der Waals surface area contributed by atoms with Crippen LogP contribution < -0.4 is 21.5 Å². The van der Waals surface area contributed by atoms with Crippen LogP contribution in [-0.4, -0.2) is 58.9 Å². The van der Waals surface area contributed by atoms with Gasteiger partial charge < -0.3 is 16.0 Å². The van der Waals surface area contributed by atoms with Gasteiger partial charge in [-0.1, -0.05) is 17.7 Å². The Labute approximate surface area is 221 Å². The number of aromatic nitrogens is 1. The van der Waals surface area contributed by atoms with Crippen molar-refractivity contribution in [3.05, 3.63) is 80.1 Å². The second-order valence-corrected chi connectivity index (χ2v) is 10.4. The zero-order chi connectivity index (χ0) is 26.5. The summed E-state index contributed by atoms with van der Waals surface area (Å²) >= 11 is 7.10. The van der Waals surface area contributed by atoms with Crippen molar-refractivity contribution in [1.82, 2.24) is 20.1 Å². The Bertz CT molecular complexity index is 1380. The number of thiophene rings is 1. The van der Waals surface area contributed by atoms with E-state index in [-0.39, 0.29) is 41.7 Å². The average molecular weight is 546 g/mol. The van der Waals surface area contributed by atoms with E-state index in [1.54, 1.807) is 24.3 Å². The fraction of sp³-hybridized carbons (Fsp3) is 0.280. The lowest BCUT2D eigenvalue weighted by atomic mass is 10.1. The Kier molecular flexibility index (Phi) is 8.37. The van der Waals surface area contributed by atoms with Gasteiger partial charge in [-0.25, -0.2) is 4.39 Å². The molecule has 0 saturated carbocycles. The molecule has 1 aromatic carbocycles. The number of hydrogen-bond acceptors (Lipinski definition) is 6. The zero-order valence-electron chi connectivity index (χ0n) is 19.9. The highest BCUT2D eigenvalue weighted by atomic mass is 35.5. The van der Waals surface area contributed by atoms with Crippen LogP contribution in [0.3, 0.4) is 0 Å². The van der Waals surface area contributed by atoms with Gasteiger partial charge in [0.25, 0.3) is 11.5 Å². The first kappa shape index (κ1) is 26.5. The third-order valence-corrected chi connectivity index (χ3v) is 7.15. The third kappa shape index (κ3) is 6.82. The number of pyridine rings is 1. The summed E-state index contributed by atoms with van der Waals surface area (Å²) in [5.74, 6) is -1.60. The molecule has 1 saturated heterocycles. The van der Waals surface area contributed by atoms with Crippen molar-refractivity contribution >= 4 is 46.3 Å². The maximum Gasteiger partial charge on any atom is 0.261 e. The summed E-state index contributed by atoms with van der Waals surface area (Å²) in [6, 6.07) is 11.6. The Hall–Kier alpha value is -3.54. The molecule has 0 aliphatic carbocycles. The van der Waals surface area contributed by atoms with E-state index in [1.807, 2.05) is 4.90 Å². The van der Waals surface area contributed by atoms with Crippen LogP contribution in [0.4, 0.5) is 10.1 Å². The molecule has 0 spiro atoms. The van der Waals surface area contributed by atoms with Gasteiger partial charge in [-0.2, -0.15) is 0 Å². The van der Waals surface area contributed by atoms with Gasteiger partial charge in [-0.05, 0) is 36.8 Å². The van der Waals surface area contributed by atoms with Crippen molar-refractivity contribution < 1.29 is 18.8 Å². The van der Waals surface area contributed by atoms with Crippen LogP contribution in [0.2, 0.25) is 4.34 Å². The van der Waals surface area contributed by atoms with Crippen LogP contribution in [0.5, 0.6) is 0 Å². The molecule has 4 rings (SSSR count). The SMILES string of the molecule is CC(=O)NC[C@@H]1C[C@@H](NC(=O)c2ccc(Cl)s2)CN1CC(=O)Nc1ccc(-n2ccccc2=O)cc1F. The number of hydrogen-bond donors (Lipinski definition) is 3. The molecule has 0 unspecified atom stereocenters. The van der Waals surface area contributed by atoms with E-state index < -0.39 is 11.7 Å². The quantitative estimate of drug-likeness (QED) is 0.403. The first-order chi connectivity index (χ1) is 17.7. The lowest BCUT2D eigenvalue weighted by Crippen LogP contribution is -2.43. The number of carbonyl (C=O) groups is 3. The van der Waals surface area contributed by atoms with Gasteiger partial charge in [0.15, 0.2) is 0 Å². The maximum atomic E-state index is 14.7. The normalized spacial score (nSPS) is 17.4. The predicted molar refractivity (Wildman–Crippen MR) is 140 cm³/mol. The monoisotopic (exact) mass is 545 g/mol. The fourth-order valence-corrected chi connectivity index (χ4v) is 5.17. The molecular formula is C25H25ClFN5O4S. The third-order valence-electron chi connectivity index (χ3n) is 5.92. The highest BCUT2D eigenvalue weighted by molar-refractivity contribution is 7.18. The Morgan fingerprint density at radius 1 is 1.16 bits per heavy atom. The number of likely N-dealkylation sites (tertiary alicyclic amines) is 1. The highest BCUT2D eigenvalue weighted by Crippen LogP contribution is 2.23. The summed E-state index contributed by atoms with van der Waals surface area (Å²) in [6.45, 7) is 2.01. The first-order valence-electron chi connectivity index (χ1n) is 11.5. The molecule has 0 bridgehead atoms. The minimum absolute atomic E-state index is 0.0187. The molecule has 3 heterocycles. The van der Waals surface area contributed by atoms with Crippen molar-refractivity contribution in [2.45, 2.75) is 25.4 Å². The molecule has 3 amide bonds. The largest absolute Gasteiger partial charge is 0.355 e. The minimum atomic E-state index is -0.683. The predicted octanol–water partition coefficient (Wildman–Crippen LogP) is 2.64. The molecule has 3 aromatic rings. The van der Waals surface area contributed by atoms with Crippen molar-refractivity contribution in [1.29, 1.82) is 0 Å². The van der Waals surface area contributed by atoms with Crippen LogP contribution in [0, 0.1) is 5.82 Å². The second-order valence-electron chi connectivity index (χ2n) is 8.65. The van der Waals surface area contributed by atoms with Gasteiger partial charge in [0.1, 0.15) is 5.82 Å². The lowest BCUT2D eigenvalue weighted by Gasteiger charge is -2.23. The smallest absolute Gasteiger partial charge is 0.261 e. The summed E-state index contributed by atoms with van der Waals surface area (Å²) in [5, 5.41) is 8.28. The fourth-order valence-electron chi connectivity index (χ4n) is 4.22. The van der Waals surface area contributed by atoms with Crippen molar-refractivity contribution in [2.24, 2.45) is 0 Å². The summed E-state index contributed by atoms with van der Waals surface area (Å²) in [6.07, 6.45) is 2.05. The Morgan fingerprint density at radius 2 is 1.97 bits per heavy atom. The van der Waals surface area contributed by atoms with E-state index in [0.717, 1.165) is 0 Å². The van der Waals surface area contributed by atoms with Crippen LogP contribution in [-0.2, 0) is 9.59 Å². The number of anilines is 1. The van der Waals surface area contributed by atoms with Gasteiger partial charge in [-0.15, -0.1) is 11.3 Å². The van der Waals surface area contributed by atoms with E-state index in [1.165, 1.54) is 53.3 Å². The number of carbonyl (C=O) groups excluding carboxylic acids is 3. The van der Waals surface area contributed by atoms with E-state index >= 15 is 0 Å². The second kappa shape index (κ2) is 11.7. The Balaban J connectivity index is 1.41. The van der Waals surface area contributed by atoms with Crippen LogP contribution in [0.15, 0.2) is 59.5 Å². The standard InChI is InChI=1S/C25H25ClFN5O4S/c1-15(33)28-12-18-10-16(29-25(36)21-7-8-22(26)37-21)13-31(18)14-23(34)30-20-6-5-17(11-19(20)27)32-9-3-2-4-24(32)35/h2-9,11,16,18H,10,12-14H2,1H3,(H,28,33)(H,29,36)(H,30,34)/t16-,18+/m1/s1. The molecule has 12 heteroatoms. The van der Waals surface area contributed by atoms with Gasteiger partial charge in [0, 0.05) is 50.4 Å². The van der Waals surface area contributed by atoms with Gasteiger partial charge in [-0.3, -0.25) is 28.6 Å². The van der Waals surface area contributed by atoms with E-state index in [4.69, 9.17) is 11.6 Å². The molecule has 3 N–H and O–H groups in total. The molecule has 1 fully saturated rings. The summed E-state index contributed by atoms with van der Waals surface area (Å²) in [7, 11) is 0. The molecule has 2 atom stereocenters. The average Bonchev–Trinajstić information content (AvgIpc) is 3.45. The number of nitrogens with zero attached hydrogens (tertiary/aromatic N) is 2. The number of amides is 3. The first-order valence-corrected chi connectivity index (χ1v) is 12.7. The Morgan fingerprint density at radius 3 is 2.65 bits per heavy atom. The van der Waals surface area contributed by atoms with Crippen molar-refractivity contribution in [3.63, 3.8) is 0 Å². The van der Waals surface area contributed by atoms with E-state index in [0.29, 0.717) is 34.4 Å². The summed E-state index contributed by atoms with van der Waals surface area (Å²) in [4.78, 5) is 51.1. The highest BCUT2D eigenvalue weighted by Gasteiger charge is 2.34. The molecular weight excluding hydrogens is 521 g/mol. The number of rotatable bonds is 8. The summed E-state index contributed by atoms with van der Waals surface area (Å²) < 4.78 is 16.6. The molecule has 2 aromatic heterocycles. The van der Waals surface area contributed by atoms with E-state index in [2.05, 4.69) is 16.0 Å². The lowest BCUT2D eigenvalue weighted by molar-refractivity contribution is -0.119. The summed E-state index contributed by atoms with van der Waals surface area (Å²) in [5.41, 5.74) is 0.0122. The molecule has 0 radical (unpaired) electrons. The molecule has 1 aliphatic rings. The van der Waals surface area contributed by atoms with Gasteiger partial charge >= 0.3 is 0 Å². The minimum Gasteiger partial charge on any atom is -0.355 e. The molecule has 194 valence electrons. The van der Waals surface area contributed by atoms with Crippen molar-refractivity contribution in [3.8, 4) is 5.69 Å². The van der Waals surface area contributed by atoms with Gasteiger partial charge in [0.05, 0.1) is 27.1 Å². The number of halogens is 2. The zero-order valence-corrected chi connectivity index (χ0v) is 21.4.